The quantitative estimate of drug-likeness (QED) is 0.742. The fourth-order valence-electron chi connectivity index (χ4n) is 2.01. The highest BCUT2D eigenvalue weighted by Gasteiger charge is 2.13. The largest absolute Gasteiger partial charge is 0.377 e. The molecule has 3 heteroatoms. The Balaban J connectivity index is 1.52. The van der Waals surface area contributed by atoms with Gasteiger partial charge in [-0.3, -0.25) is 4.98 Å². The molecule has 88 valence electrons. The van der Waals surface area contributed by atoms with E-state index < -0.39 is 0 Å². The van der Waals surface area contributed by atoms with E-state index >= 15 is 0 Å². The Hall–Kier alpha value is -0.930. The molecule has 0 amide bonds. The van der Waals surface area contributed by atoms with Crippen molar-refractivity contribution in [3.05, 3.63) is 30.1 Å². The summed E-state index contributed by atoms with van der Waals surface area (Å²) >= 11 is 0. The van der Waals surface area contributed by atoms with Gasteiger partial charge in [0.15, 0.2) is 0 Å². The second-order valence-corrected chi connectivity index (χ2v) is 4.26. The Morgan fingerprint density at radius 3 is 3.19 bits per heavy atom. The zero-order valence-electron chi connectivity index (χ0n) is 9.69. The van der Waals surface area contributed by atoms with Crippen molar-refractivity contribution in [2.24, 2.45) is 0 Å². The summed E-state index contributed by atoms with van der Waals surface area (Å²) in [5.41, 5.74) is 1.18. The van der Waals surface area contributed by atoms with Crippen LogP contribution in [0.3, 0.4) is 0 Å². The fourth-order valence-corrected chi connectivity index (χ4v) is 2.01. The number of hydrogen-bond donors (Lipinski definition) is 1. The summed E-state index contributed by atoms with van der Waals surface area (Å²) in [4.78, 5) is 4.30. The van der Waals surface area contributed by atoms with Crippen molar-refractivity contribution in [3.8, 4) is 0 Å². The highest BCUT2D eigenvalue weighted by Crippen LogP contribution is 2.10. The van der Waals surface area contributed by atoms with Crippen molar-refractivity contribution >= 4 is 0 Å². The summed E-state index contributed by atoms with van der Waals surface area (Å²) in [6.45, 7) is 3.00. The summed E-state index contributed by atoms with van der Waals surface area (Å²) in [6.07, 6.45) is 6.95. The second-order valence-electron chi connectivity index (χ2n) is 4.26. The molecule has 16 heavy (non-hydrogen) atoms. The lowest BCUT2D eigenvalue weighted by molar-refractivity contribution is 0.110. The minimum atomic E-state index is 0.454. The molecule has 1 saturated heterocycles. The molecule has 1 aliphatic heterocycles. The van der Waals surface area contributed by atoms with Crippen LogP contribution in [0.25, 0.3) is 0 Å². The molecular weight excluding hydrogens is 200 g/mol. The fraction of sp³-hybridized carbons (Fsp3) is 0.615. The molecule has 0 radical (unpaired) electrons. The van der Waals surface area contributed by atoms with Crippen LogP contribution in [-0.2, 0) is 11.2 Å². The van der Waals surface area contributed by atoms with Crippen LogP contribution in [0.15, 0.2) is 24.4 Å². The van der Waals surface area contributed by atoms with Crippen LogP contribution in [0.5, 0.6) is 0 Å². The van der Waals surface area contributed by atoms with Gasteiger partial charge < -0.3 is 10.1 Å². The number of pyridine rings is 1. The summed E-state index contributed by atoms with van der Waals surface area (Å²) in [5, 5.41) is 3.44. The summed E-state index contributed by atoms with van der Waals surface area (Å²) in [6, 6.07) is 6.08. The lowest BCUT2D eigenvalue weighted by atomic mass is 10.2. The Kier molecular flexibility index (Phi) is 4.77. The Morgan fingerprint density at radius 2 is 2.44 bits per heavy atom. The number of rotatable bonds is 6. The summed E-state index contributed by atoms with van der Waals surface area (Å²) in [5.74, 6) is 0. The van der Waals surface area contributed by atoms with Gasteiger partial charge in [0.25, 0.3) is 0 Å². The highest BCUT2D eigenvalue weighted by atomic mass is 16.5. The lowest BCUT2D eigenvalue weighted by Gasteiger charge is -2.10. The molecule has 1 unspecified atom stereocenters. The van der Waals surface area contributed by atoms with E-state index in [0.717, 1.165) is 32.5 Å². The first-order valence-electron chi connectivity index (χ1n) is 6.17. The van der Waals surface area contributed by atoms with Crippen LogP contribution in [0, 0.1) is 0 Å². The van der Waals surface area contributed by atoms with Gasteiger partial charge in [0.05, 0.1) is 6.10 Å². The van der Waals surface area contributed by atoms with Gasteiger partial charge in [-0.1, -0.05) is 6.07 Å². The maximum Gasteiger partial charge on any atom is 0.0700 e. The number of aryl methyl sites for hydroxylation is 1. The maximum absolute atomic E-state index is 5.54. The van der Waals surface area contributed by atoms with E-state index in [1.807, 2.05) is 18.3 Å². The van der Waals surface area contributed by atoms with E-state index in [1.165, 1.54) is 18.5 Å². The van der Waals surface area contributed by atoms with E-state index in [2.05, 4.69) is 16.4 Å². The maximum atomic E-state index is 5.54. The molecule has 1 N–H and O–H groups in total. The first kappa shape index (κ1) is 11.6. The molecule has 2 rings (SSSR count). The molecule has 1 aliphatic rings. The minimum absolute atomic E-state index is 0.454. The number of ether oxygens (including phenoxy) is 1. The Bertz CT molecular complexity index is 283. The van der Waals surface area contributed by atoms with Gasteiger partial charge in [-0.2, -0.15) is 0 Å². The third-order valence-electron chi connectivity index (χ3n) is 2.91. The smallest absolute Gasteiger partial charge is 0.0700 e. The Morgan fingerprint density at radius 1 is 1.44 bits per heavy atom. The first-order chi connectivity index (χ1) is 7.95. The van der Waals surface area contributed by atoms with E-state index in [1.54, 1.807) is 0 Å². The van der Waals surface area contributed by atoms with Gasteiger partial charge >= 0.3 is 0 Å². The van der Waals surface area contributed by atoms with Gasteiger partial charge in [0, 0.05) is 25.0 Å². The monoisotopic (exact) mass is 220 g/mol. The van der Waals surface area contributed by atoms with Gasteiger partial charge in [0.2, 0.25) is 0 Å². The van der Waals surface area contributed by atoms with Crippen molar-refractivity contribution in [3.63, 3.8) is 0 Å². The van der Waals surface area contributed by atoms with Gasteiger partial charge in [-0.15, -0.1) is 0 Å². The third-order valence-corrected chi connectivity index (χ3v) is 2.91. The van der Waals surface area contributed by atoms with Gasteiger partial charge in [-0.25, -0.2) is 0 Å². The van der Waals surface area contributed by atoms with Crippen molar-refractivity contribution in [1.82, 2.24) is 10.3 Å². The molecule has 0 spiro atoms. The highest BCUT2D eigenvalue weighted by molar-refractivity contribution is 5.03. The first-order valence-corrected chi connectivity index (χ1v) is 6.17. The van der Waals surface area contributed by atoms with Crippen LogP contribution in [0.1, 0.15) is 25.0 Å². The molecule has 3 nitrogen and oxygen atoms in total. The van der Waals surface area contributed by atoms with Gasteiger partial charge in [0.1, 0.15) is 0 Å². The van der Waals surface area contributed by atoms with Crippen molar-refractivity contribution in [2.45, 2.75) is 31.8 Å². The van der Waals surface area contributed by atoms with E-state index in [4.69, 9.17) is 4.74 Å². The van der Waals surface area contributed by atoms with Crippen LogP contribution < -0.4 is 5.32 Å². The minimum Gasteiger partial charge on any atom is -0.377 e. The summed E-state index contributed by atoms with van der Waals surface area (Å²) in [7, 11) is 0. The predicted molar refractivity (Wildman–Crippen MR) is 64.4 cm³/mol. The SMILES string of the molecule is c1ccc(CCCNCC2CCCO2)nc1. The van der Waals surface area contributed by atoms with Crippen molar-refractivity contribution < 1.29 is 4.74 Å². The molecule has 1 fully saturated rings. The number of hydrogen-bond acceptors (Lipinski definition) is 3. The molecule has 1 aromatic rings. The van der Waals surface area contributed by atoms with Crippen LogP contribution in [-0.4, -0.2) is 30.8 Å². The zero-order valence-corrected chi connectivity index (χ0v) is 9.69. The summed E-state index contributed by atoms with van der Waals surface area (Å²) < 4.78 is 5.54. The van der Waals surface area contributed by atoms with Gasteiger partial charge in [-0.05, 0) is 44.4 Å². The standard InChI is InChI=1S/C13H20N2O/c1-2-9-15-12(5-1)6-3-8-14-11-13-7-4-10-16-13/h1-2,5,9,13-14H,3-4,6-8,10-11H2. The second kappa shape index (κ2) is 6.61. The van der Waals surface area contributed by atoms with Crippen molar-refractivity contribution in [1.29, 1.82) is 0 Å². The average molecular weight is 220 g/mol. The van der Waals surface area contributed by atoms with Crippen LogP contribution in [0.4, 0.5) is 0 Å². The van der Waals surface area contributed by atoms with E-state index in [-0.39, 0.29) is 0 Å². The Labute approximate surface area is 97.2 Å². The molecule has 1 aromatic heterocycles. The zero-order chi connectivity index (χ0) is 11.1. The van der Waals surface area contributed by atoms with Crippen LogP contribution >= 0.6 is 0 Å². The molecule has 0 bridgehead atoms. The lowest BCUT2D eigenvalue weighted by Crippen LogP contribution is -2.27. The molecule has 0 aromatic carbocycles. The number of nitrogens with zero attached hydrogens (tertiary/aromatic N) is 1. The normalized spacial score (nSPS) is 20.1. The molecule has 0 aliphatic carbocycles. The average Bonchev–Trinajstić information content (AvgIpc) is 2.83. The molecule has 0 saturated carbocycles. The third kappa shape index (κ3) is 3.91. The van der Waals surface area contributed by atoms with E-state index in [9.17, 15) is 0 Å². The number of aromatic nitrogens is 1. The number of nitrogens with one attached hydrogen (secondary N) is 1. The molecular formula is C13H20N2O. The topological polar surface area (TPSA) is 34.1 Å². The predicted octanol–water partition coefficient (Wildman–Crippen LogP) is 1.78. The van der Waals surface area contributed by atoms with E-state index in [0.29, 0.717) is 6.10 Å². The van der Waals surface area contributed by atoms with Crippen molar-refractivity contribution in [2.75, 3.05) is 19.7 Å². The van der Waals surface area contributed by atoms with Crippen LogP contribution in [0.2, 0.25) is 0 Å². The molecule has 1 atom stereocenters. The molecule has 2 heterocycles.